The molecule has 0 saturated heterocycles. The summed E-state index contributed by atoms with van der Waals surface area (Å²) in [6.07, 6.45) is 0. The van der Waals surface area contributed by atoms with Crippen molar-refractivity contribution >= 4 is 42.5 Å². The van der Waals surface area contributed by atoms with Gasteiger partial charge in [-0.05, 0) is 94.2 Å². The van der Waals surface area contributed by atoms with Gasteiger partial charge in [0.1, 0.15) is 0 Å². The van der Waals surface area contributed by atoms with Crippen molar-refractivity contribution in [1.82, 2.24) is 4.67 Å². The molecule has 5 rings (SSSR count). The molecular formula is C36H38NP2-. The molecule has 198 valence electrons. The lowest BCUT2D eigenvalue weighted by atomic mass is 10.2. The highest BCUT2D eigenvalue weighted by Crippen LogP contribution is 2.45. The Kier molecular flexibility index (Phi) is 8.54. The quantitative estimate of drug-likeness (QED) is 0.144. The first-order chi connectivity index (χ1) is 18.8. The molecule has 3 heteroatoms. The molecule has 0 amide bonds. The fraction of sp³-hybridized carbons (Fsp3) is 0.194. The second-order valence-electron chi connectivity index (χ2n) is 10.6. The van der Waals surface area contributed by atoms with Gasteiger partial charge in [0.05, 0.1) is 0 Å². The molecule has 0 aliphatic rings. The molecule has 5 aromatic carbocycles. The fourth-order valence-electron chi connectivity index (χ4n) is 5.60. The van der Waals surface area contributed by atoms with Crippen LogP contribution < -0.4 is 26.5 Å². The van der Waals surface area contributed by atoms with Crippen LogP contribution in [-0.2, 0) is 0 Å². The lowest BCUT2D eigenvalue weighted by molar-refractivity contribution is 0.446. The predicted octanol–water partition coefficient (Wildman–Crippen LogP) is 7.44. The number of nitrogens with zero attached hydrogens (tertiary/aromatic N) is 1. The molecule has 0 aliphatic heterocycles. The Morgan fingerprint density at radius 1 is 0.564 bits per heavy atom. The Bertz CT molecular complexity index is 1410. The van der Waals surface area contributed by atoms with Crippen LogP contribution in [-0.4, -0.2) is 11.7 Å². The highest BCUT2D eigenvalue weighted by atomic mass is 31.1. The van der Waals surface area contributed by atoms with Crippen LogP contribution in [0, 0.1) is 27.7 Å². The van der Waals surface area contributed by atoms with Gasteiger partial charge in [-0.2, -0.15) is 6.07 Å². The van der Waals surface area contributed by atoms with Gasteiger partial charge in [-0.15, -0.1) is 10.9 Å². The summed E-state index contributed by atoms with van der Waals surface area (Å²) in [6.45, 7) is 11.3. The molecule has 5 aromatic rings. The minimum absolute atomic E-state index is 0.250. The van der Waals surface area contributed by atoms with Gasteiger partial charge in [-0.25, -0.2) is 12.1 Å². The normalized spacial score (nSPS) is 12.4. The minimum Gasteiger partial charge on any atom is -0.282 e. The molecule has 0 N–H and O–H groups in total. The molecule has 0 heterocycles. The molecule has 0 unspecified atom stereocenters. The minimum atomic E-state index is -0.721. The Hall–Kier alpha value is -2.95. The fourth-order valence-corrected chi connectivity index (χ4v) is 10.9. The third-order valence-electron chi connectivity index (χ3n) is 7.32. The van der Waals surface area contributed by atoms with E-state index in [2.05, 4.69) is 162 Å². The zero-order valence-corrected chi connectivity index (χ0v) is 25.7. The standard InChI is InChI=1S/C36H38NP2/c1-26-20-27(2)23-33(22-26)39(34-24-28(3)21-29(4)25-34)37(6)30(5)35-18-13-19-36(35)38(31-14-9-7-10-15-31)32-16-11-8-12-17-32/h7-25,30H,1-6H3/q-1/t30-/m1/s1. The average Bonchev–Trinajstić information content (AvgIpc) is 3.38. The van der Waals surface area contributed by atoms with Crippen molar-refractivity contribution in [1.29, 1.82) is 0 Å². The molecular weight excluding hydrogens is 508 g/mol. The van der Waals surface area contributed by atoms with Crippen molar-refractivity contribution in [2.75, 3.05) is 7.05 Å². The summed E-state index contributed by atoms with van der Waals surface area (Å²) >= 11 is 0. The molecule has 0 saturated carbocycles. The SMILES string of the molecule is Cc1cc(C)cc(P(c2cc(C)cc(C)c2)N(C)[C@H](C)[c-]2cccc2P(c2ccccc2)c2ccccc2)c1. The summed E-state index contributed by atoms with van der Waals surface area (Å²) in [5, 5.41) is 7.09. The Morgan fingerprint density at radius 2 is 1.00 bits per heavy atom. The Balaban J connectivity index is 1.61. The average molecular weight is 547 g/mol. The third kappa shape index (κ3) is 6.13. The lowest BCUT2D eigenvalue weighted by Gasteiger charge is -2.38. The zero-order chi connectivity index (χ0) is 27.5. The van der Waals surface area contributed by atoms with Crippen LogP contribution in [0.3, 0.4) is 0 Å². The van der Waals surface area contributed by atoms with E-state index in [1.54, 1.807) is 0 Å². The van der Waals surface area contributed by atoms with Crippen LogP contribution in [0.5, 0.6) is 0 Å². The van der Waals surface area contributed by atoms with Crippen LogP contribution in [0.15, 0.2) is 115 Å². The Labute approximate surface area is 237 Å². The second kappa shape index (κ2) is 12.1. The topological polar surface area (TPSA) is 3.24 Å². The molecule has 1 nitrogen and oxygen atoms in total. The van der Waals surface area contributed by atoms with Crippen LogP contribution in [0.2, 0.25) is 0 Å². The molecule has 0 radical (unpaired) electrons. The number of benzene rings is 4. The van der Waals surface area contributed by atoms with Gasteiger partial charge in [0.2, 0.25) is 0 Å². The number of hydrogen-bond donors (Lipinski definition) is 0. The number of aryl methyl sites for hydroxylation is 4. The van der Waals surface area contributed by atoms with Crippen molar-refractivity contribution < 1.29 is 0 Å². The summed E-state index contributed by atoms with van der Waals surface area (Å²) in [4.78, 5) is 0. The third-order valence-corrected chi connectivity index (χ3v) is 12.3. The highest BCUT2D eigenvalue weighted by molar-refractivity contribution is 7.80. The first-order valence-corrected chi connectivity index (χ1v) is 16.3. The monoisotopic (exact) mass is 546 g/mol. The molecule has 0 spiro atoms. The van der Waals surface area contributed by atoms with E-state index < -0.39 is 16.0 Å². The first kappa shape index (κ1) is 27.6. The van der Waals surface area contributed by atoms with Crippen molar-refractivity contribution in [3.63, 3.8) is 0 Å². The summed E-state index contributed by atoms with van der Waals surface area (Å²) in [6, 6.07) is 43.5. The zero-order valence-electron chi connectivity index (χ0n) is 23.9. The molecule has 0 fully saturated rings. The van der Waals surface area contributed by atoms with Gasteiger partial charge in [0.25, 0.3) is 0 Å². The Morgan fingerprint density at radius 3 is 1.44 bits per heavy atom. The van der Waals surface area contributed by atoms with E-state index >= 15 is 0 Å². The summed E-state index contributed by atoms with van der Waals surface area (Å²) in [5.74, 6) is 0. The highest BCUT2D eigenvalue weighted by Gasteiger charge is 2.26. The van der Waals surface area contributed by atoms with E-state index in [0.717, 1.165) is 0 Å². The predicted molar refractivity (Wildman–Crippen MR) is 175 cm³/mol. The lowest BCUT2D eigenvalue weighted by Crippen LogP contribution is -2.31. The van der Waals surface area contributed by atoms with E-state index in [1.807, 2.05) is 0 Å². The van der Waals surface area contributed by atoms with Crippen molar-refractivity contribution in [3.8, 4) is 0 Å². The summed E-state index contributed by atoms with van der Waals surface area (Å²) < 4.78 is 2.64. The van der Waals surface area contributed by atoms with E-state index in [1.165, 1.54) is 54.3 Å². The maximum Gasteiger partial charge on any atom is 0.0274 e. The largest absolute Gasteiger partial charge is 0.282 e. The van der Waals surface area contributed by atoms with E-state index in [9.17, 15) is 0 Å². The van der Waals surface area contributed by atoms with Gasteiger partial charge < -0.3 is 0 Å². The van der Waals surface area contributed by atoms with Crippen LogP contribution >= 0.6 is 16.0 Å². The van der Waals surface area contributed by atoms with E-state index in [4.69, 9.17) is 0 Å². The van der Waals surface area contributed by atoms with Crippen molar-refractivity contribution in [3.05, 3.63) is 143 Å². The van der Waals surface area contributed by atoms with Gasteiger partial charge in [0.15, 0.2) is 0 Å². The van der Waals surface area contributed by atoms with Crippen LogP contribution in [0.1, 0.15) is 40.8 Å². The van der Waals surface area contributed by atoms with Gasteiger partial charge in [-0.3, -0.25) is 4.67 Å². The van der Waals surface area contributed by atoms with E-state index in [0.29, 0.717) is 0 Å². The molecule has 0 aliphatic carbocycles. The van der Waals surface area contributed by atoms with Crippen molar-refractivity contribution in [2.24, 2.45) is 0 Å². The van der Waals surface area contributed by atoms with Crippen LogP contribution in [0.4, 0.5) is 0 Å². The van der Waals surface area contributed by atoms with Gasteiger partial charge >= 0.3 is 0 Å². The number of hydrogen-bond acceptors (Lipinski definition) is 1. The maximum absolute atomic E-state index is 2.64. The van der Waals surface area contributed by atoms with E-state index in [-0.39, 0.29) is 6.04 Å². The first-order valence-electron chi connectivity index (χ1n) is 13.7. The summed E-state index contributed by atoms with van der Waals surface area (Å²) in [7, 11) is 0.954. The maximum atomic E-state index is 2.64. The molecule has 39 heavy (non-hydrogen) atoms. The molecule has 0 bridgehead atoms. The number of rotatable bonds is 8. The van der Waals surface area contributed by atoms with Gasteiger partial charge in [-0.1, -0.05) is 102 Å². The smallest absolute Gasteiger partial charge is 0.0274 e. The van der Waals surface area contributed by atoms with Crippen molar-refractivity contribution in [2.45, 2.75) is 40.7 Å². The van der Waals surface area contributed by atoms with Crippen LogP contribution in [0.25, 0.3) is 0 Å². The van der Waals surface area contributed by atoms with Gasteiger partial charge in [0, 0.05) is 8.07 Å². The second-order valence-corrected chi connectivity index (χ2v) is 15.1. The summed E-state index contributed by atoms with van der Waals surface area (Å²) in [5.41, 5.74) is 6.74. The molecule has 1 atom stereocenters. The molecule has 0 aromatic heterocycles.